The van der Waals surface area contributed by atoms with E-state index in [0.717, 1.165) is 19.3 Å². The monoisotopic (exact) mass is 1020 g/mol. The molecule has 5 heterocycles. The van der Waals surface area contributed by atoms with E-state index in [1.165, 1.54) is 20.8 Å². The van der Waals surface area contributed by atoms with Crippen molar-refractivity contribution in [2.75, 3.05) is 13.2 Å². The summed E-state index contributed by atoms with van der Waals surface area (Å²) in [6.07, 6.45) is -37.1. The van der Waals surface area contributed by atoms with E-state index in [-0.39, 0.29) is 6.42 Å². The van der Waals surface area contributed by atoms with Crippen molar-refractivity contribution in [3.8, 4) is 0 Å². The number of hydrogen-bond acceptors (Lipinski definition) is 25. The van der Waals surface area contributed by atoms with E-state index in [4.69, 9.17) is 52.5 Å². The van der Waals surface area contributed by atoms with Crippen LogP contribution in [0.15, 0.2) is 0 Å². The summed E-state index contributed by atoms with van der Waals surface area (Å²) < 4.78 is 59.1. The first-order valence-corrected chi connectivity index (χ1v) is 24.3. The Hall–Kier alpha value is -1.49. The highest BCUT2D eigenvalue weighted by Gasteiger charge is 2.56. The van der Waals surface area contributed by atoms with Crippen LogP contribution in [-0.4, -0.2) is 262 Å². The maximum absolute atomic E-state index is 11.8. The molecule has 5 saturated heterocycles. The summed E-state index contributed by atoms with van der Waals surface area (Å²) in [6.45, 7) is 4.72. The van der Waals surface area contributed by atoms with E-state index >= 15 is 0 Å². The highest BCUT2D eigenvalue weighted by atomic mass is 16.8. The number of carboxylic acid groups (broad SMARTS) is 1. The molecule has 5 rings (SSSR count). The van der Waals surface area contributed by atoms with E-state index in [2.05, 4.69) is 0 Å². The minimum atomic E-state index is -1.99. The normalized spacial score (nSPS) is 45.8. The number of carboxylic acids is 1. The first kappa shape index (κ1) is 59.4. The molecule has 0 spiro atoms. The Bertz CT molecular complexity index is 1540. The average molecular weight is 1020 g/mol. The number of hydrogen-bond donors (Lipinski definition) is 15. The third kappa shape index (κ3) is 14.9. The summed E-state index contributed by atoms with van der Waals surface area (Å²) in [5.41, 5.74) is 0. The fraction of sp³-hybridized carbons (Fsp3) is 0.977. The van der Waals surface area contributed by atoms with Gasteiger partial charge in [-0.2, -0.15) is 0 Å². The van der Waals surface area contributed by atoms with Crippen molar-refractivity contribution in [3.05, 3.63) is 0 Å². The van der Waals surface area contributed by atoms with Gasteiger partial charge in [-0.15, -0.1) is 0 Å². The molecule has 0 aromatic rings. The molecule has 5 aliphatic heterocycles. The lowest BCUT2D eigenvalue weighted by Gasteiger charge is -2.49. The van der Waals surface area contributed by atoms with Crippen LogP contribution in [-0.2, 0) is 52.2 Å². The number of rotatable bonds is 24. The van der Waals surface area contributed by atoms with E-state index in [1.54, 1.807) is 0 Å². The number of unbranched alkanes of at least 4 members (excludes halogenated alkanes) is 4. The molecule has 0 amide bonds. The van der Waals surface area contributed by atoms with Crippen LogP contribution >= 0.6 is 0 Å². The number of aliphatic hydroxyl groups is 14. The van der Waals surface area contributed by atoms with Gasteiger partial charge in [-0.3, -0.25) is 4.79 Å². The molecule has 27 unspecified atom stereocenters. The molecule has 70 heavy (non-hydrogen) atoms. The van der Waals surface area contributed by atoms with Crippen LogP contribution in [0.25, 0.3) is 0 Å². The Morgan fingerprint density at radius 2 is 0.943 bits per heavy atom. The van der Waals surface area contributed by atoms with Crippen molar-refractivity contribution < 1.29 is 129 Å². The van der Waals surface area contributed by atoms with Gasteiger partial charge in [-0.1, -0.05) is 45.4 Å². The van der Waals surface area contributed by atoms with Gasteiger partial charge < -0.3 is 124 Å². The van der Waals surface area contributed by atoms with Crippen molar-refractivity contribution in [2.45, 2.75) is 258 Å². The molecule has 26 heteroatoms. The molecule has 0 saturated carbocycles. The number of aliphatic hydroxyl groups excluding tert-OH is 14. The molecule has 0 aromatic heterocycles. The molecule has 0 aromatic carbocycles. The molecular formula is C44H78O26. The zero-order chi connectivity index (χ0) is 51.7. The zero-order valence-corrected chi connectivity index (χ0v) is 39.8. The SMILES string of the molecule is CCCC(CCCCCCCC(O)CC(=O)O)OC1OC(COC2OC(C)C(O)C(O)C2O)C(O)C(O)C1OC1OC(CO)C(O)C(O)C1OC1OC(C)C(OC2OC(C)C(O)C(O)C2O)C(O)C1O. The Balaban J connectivity index is 1.33. The lowest BCUT2D eigenvalue weighted by Crippen LogP contribution is -2.67. The smallest absolute Gasteiger partial charge is 0.305 e. The van der Waals surface area contributed by atoms with Gasteiger partial charge in [0.2, 0.25) is 0 Å². The van der Waals surface area contributed by atoms with Gasteiger partial charge in [-0.25, -0.2) is 0 Å². The predicted molar refractivity (Wildman–Crippen MR) is 230 cm³/mol. The third-order valence-electron chi connectivity index (χ3n) is 13.6. The Morgan fingerprint density at radius 3 is 1.53 bits per heavy atom. The summed E-state index contributed by atoms with van der Waals surface area (Å²) in [7, 11) is 0. The summed E-state index contributed by atoms with van der Waals surface area (Å²) in [4.78, 5) is 10.9. The Labute approximate surface area is 405 Å². The maximum atomic E-state index is 11.8. The molecule has 0 radical (unpaired) electrons. The Kier molecular flexibility index (Phi) is 23.2. The summed E-state index contributed by atoms with van der Waals surface area (Å²) in [5, 5.41) is 159. The second kappa shape index (κ2) is 27.3. The van der Waals surface area contributed by atoms with Gasteiger partial charge in [0.05, 0.1) is 50.2 Å². The zero-order valence-electron chi connectivity index (χ0n) is 39.8. The number of ether oxygens (including phenoxy) is 10. The molecule has 15 N–H and O–H groups in total. The quantitative estimate of drug-likeness (QED) is 0.0402. The van der Waals surface area contributed by atoms with Gasteiger partial charge in [0.15, 0.2) is 31.5 Å². The molecule has 5 fully saturated rings. The first-order valence-electron chi connectivity index (χ1n) is 24.3. The minimum Gasteiger partial charge on any atom is -0.481 e. The number of carbonyl (C=O) groups is 1. The molecule has 0 aliphatic carbocycles. The van der Waals surface area contributed by atoms with Gasteiger partial charge in [0.25, 0.3) is 0 Å². The highest BCUT2D eigenvalue weighted by Crippen LogP contribution is 2.36. The fourth-order valence-electron chi connectivity index (χ4n) is 9.22. The van der Waals surface area contributed by atoms with Gasteiger partial charge in [-0.05, 0) is 40.0 Å². The largest absolute Gasteiger partial charge is 0.481 e. The van der Waals surface area contributed by atoms with E-state index < -0.39 is 185 Å². The van der Waals surface area contributed by atoms with Crippen molar-refractivity contribution >= 4 is 5.97 Å². The van der Waals surface area contributed by atoms with Crippen molar-refractivity contribution in [1.82, 2.24) is 0 Å². The molecule has 0 bridgehead atoms. The standard InChI is InChI=1S/C44H78O26/c1-5-11-21(13-10-8-6-7-9-12-20(46)14-24(47)48)65-43-38(32(56)28(52)23(67-43)16-61-40-34(58)29(53)25(49)17(2)62-40)70-44-39(31(55)27(51)22(15-45)66-44)69-42-36(60)33(57)37(19(4)64-42)68-41-35(59)30(54)26(50)18(3)63-41/h17-23,25-46,49-60H,5-16H2,1-4H3,(H,47,48). The van der Waals surface area contributed by atoms with E-state index in [0.29, 0.717) is 38.5 Å². The van der Waals surface area contributed by atoms with Gasteiger partial charge >= 0.3 is 5.97 Å². The highest BCUT2D eigenvalue weighted by molar-refractivity contribution is 5.67. The van der Waals surface area contributed by atoms with Crippen LogP contribution in [0.4, 0.5) is 0 Å². The first-order chi connectivity index (χ1) is 33.1. The van der Waals surface area contributed by atoms with Crippen LogP contribution < -0.4 is 0 Å². The number of aliphatic carboxylic acids is 1. The molecule has 26 nitrogen and oxygen atoms in total. The Morgan fingerprint density at radius 1 is 0.486 bits per heavy atom. The van der Waals surface area contributed by atoms with Crippen LogP contribution in [0.5, 0.6) is 0 Å². The fourth-order valence-corrected chi connectivity index (χ4v) is 9.22. The van der Waals surface area contributed by atoms with Crippen molar-refractivity contribution in [2.24, 2.45) is 0 Å². The molecule has 410 valence electrons. The summed E-state index contributed by atoms with van der Waals surface area (Å²) >= 11 is 0. The van der Waals surface area contributed by atoms with Gasteiger partial charge in [0, 0.05) is 0 Å². The lowest BCUT2D eigenvalue weighted by atomic mass is 9.96. The maximum Gasteiger partial charge on any atom is 0.305 e. The minimum absolute atomic E-state index is 0.334. The second-order valence-corrected chi connectivity index (χ2v) is 19.1. The van der Waals surface area contributed by atoms with Crippen molar-refractivity contribution in [1.29, 1.82) is 0 Å². The van der Waals surface area contributed by atoms with Crippen LogP contribution in [0.3, 0.4) is 0 Å². The van der Waals surface area contributed by atoms with E-state index in [9.17, 15) is 76.3 Å². The second-order valence-electron chi connectivity index (χ2n) is 19.1. The van der Waals surface area contributed by atoms with Crippen LogP contribution in [0.2, 0.25) is 0 Å². The third-order valence-corrected chi connectivity index (χ3v) is 13.6. The molecule has 27 atom stereocenters. The van der Waals surface area contributed by atoms with Crippen LogP contribution in [0, 0.1) is 0 Å². The summed E-state index contributed by atoms with van der Waals surface area (Å²) in [6, 6.07) is 0. The molecular weight excluding hydrogens is 944 g/mol. The van der Waals surface area contributed by atoms with E-state index in [1.807, 2.05) is 6.92 Å². The average Bonchev–Trinajstić information content (AvgIpc) is 3.31. The van der Waals surface area contributed by atoms with Crippen LogP contribution in [0.1, 0.15) is 91.9 Å². The summed E-state index contributed by atoms with van der Waals surface area (Å²) in [5.74, 6) is -1.08. The lowest BCUT2D eigenvalue weighted by molar-refractivity contribution is -0.401. The predicted octanol–water partition coefficient (Wildman–Crippen LogP) is -5.08. The van der Waals surface area contributed by atoms with Gasteiger partial charge in [0.1, 0.15) is 104 Å². The molecule has 5 aliphatic rings. The topological polar surface area (TPSA) is 413 Å². The van der Waals surface area contributed by atoms with Crippen molar-refractivity contribution in [3.63, 3.8) is 0 Å².